The average molecular weight is 348 g/mol. The Hall–Kier alpha value is -2.96. The molecule has 0 N–H and O–H groups in total. The zero-order valence-corrected chi connectivity index (χ0v) is 12.8. The zero-order valence-electron chi connectivity index (χ0n) is 12.8. The SMILES string of the molecule is O=c1cc(-c2ccccc2)cnn1Cc1cc(F)cc(C(F)(F)F)c1. The Morgan fingerprint density at radius 1 is 0.960 bits per heavy atom. The Bertz CT molecular complexity index is 949. The number of aromatic nitrogens is 2. The van der Waals surface area contributed by atoms with Crippen molar-refractivity contribution in [2.75, 3.05) is 0 Å². The summed E-state index contributed by atoms with van der Waals surface area (Å²) in [7, 11) is 0. The monoisotopic (exact) mass is 348 g/mol. The van der Waals surface area contributed by atoms with Crippen LogP contribution in [0.15, 0.2) is 65.6 Å². The second-order valence-corrected chi connectivity index (χ2v) is 5.45. The molecule has 7 heteroatoms. The van der Waals surface area contributed by atoms with E-state index in [0.29, 0.717) is 11.6 Å². The van der Waals surface area contributed by atoms with Crippen molar-refractivity contribution >= 4 is 0 Å². The van der Waals surface area contributed by atoms with Gasteiger partial charge in [0.2, 0.25) is 0 Å². The summed E-state index contributed by atoms with van der Waals surface area (Å²) in [6.07, 6.45) is -3.22. The molecule has 0 unspecified atom stereocenters. The molecule has 0 aliphatic rings. The molecular formula is C18H12F4N2O. The maximum atomic E-state index is 13.4. The van der Waals surface area contributed by atoms with Gasteiger partial charge in [0.15, 0.2) is 0 Å². The smallest absolute Gasteiger partial charge is 0.268 e. The molecule has 0 bridgehead atoms. The maximum absolute atomic E-state index is 13.4. The normalized spacial score (nSPS) is 11.5. The van der Waals surface area contributed by atoms with E-state index in [1.807, 2.05) is 30.3 Å². The summed E-state index contributed by atoms with van der Waals surface area (Å²) in [6, 6.07) is 12.6. The number of alkyl halides is 3. The fraction of sp³-hybridized carbons (Fsp3) is 0.111. The first-order valence-corrected chi connectivity index (χ1v) is 7.32. The first-order chi connectivity index (χ1) is 11.8. The van der Waals surface area contributed by atoms with Crippen LogP contribution >= 0.6 is 0 Å². The van der Waals surface area contributed by atoms with Crippen molar-refractivity contribution in [3.05, 3.63) is 88.1 Å². The predicted molar refractivity (Wildman–Crippen MR) is 84.4 cm³/mol. The minimum Gasteiger partial charge on any atom is -0.268 e. The lowest BCUT2D eigenvalue weighted by atomic mass is 10.1. The Kier molecular flexibility index (Phi) is 4.39. The largest absolute Gasteiger partial charge is 0.416 e. The highest BCUT2D eigenvalue weighted by Crippen LogP contribution is 2.30. The molecule has 3 rings (SSSR count). The van der Waals surface area contributed by atoms with Gasteiger partial charge in [0.05, 0.1) is 18.3 Å². The van der Waals surface area contributed by atoms with Crippen molar-refractivity contribution < 1.29 is 17.6 Å². The molecule has 1 heterocycles. The third-order valence-corrected chi connectivity index (χ3v) is 3.59. The molecule has 0 radical (unpaired) electrons. The first kappa shape index (κ1) is 16.9. The summed E-state index contributed by atoms with van der Waals surface area (Å²) in [6.45, 7) is -0.255. The van der Waals surface area contributed by atoms with Gasteiger partial charge >= 0.3 is 6.18 Å². The fourth-order valence-corrected chi connectivity index (χ4v) is 2.42. The highest BCUT2D eigenvalue weighted by Gasteiger charge is 2.31. The van der Waals surface area contributed by atoms with E-state index in [1.54, 1.807) is 0 Å². The van der Waals surface area contributed by atoms with Crippen molar-refractivity contribution in [2.45, 2.75) is 12.7 Å². The minimum atomic E-state index is -4.66. The summed E-state index contributed by atoms with van der Waals surface area (Å²) < 4.78 is 52.7. The third-order valence-electron chi connectivity index (χ3n) is 3.59. The molecule has 25 heavy (non-hydrogen) atoms. The summed E-state index contributed by atoms with van der Waals surface area (Å²) in [5.41, 5.74) is -0.188. The van der Waals surface area contributed by atoms with Crippen LogP contribution in [-0.4, -0.2) is 9.78 Å². The van der Waals surface area contributed by atoms with Crippen molar-refractivity contribution in [1.29, 1.82) is 0 Å². The summed E-state index contributed by atoms with van der Waals surface area (Å²) in [4.78, 5) is 12.2. The van der Waals surface area contributed by atoms with Crippen molar-refractivity contribution in [3.63, 3.8) is 0 Å². The number of nitrogens with zero attached hydrogens (tertiary/aromatic N) is 2. The number of hydrogen-bond donors (Lipinski definition) is 0. The van der Waals surface area contributed by atoms with Gasteiger partial charge in [-0.05, 0) is 29.3 Å². The molecule has 0 fully saturated rings. The summed E-state index contributed by atoms with van der Waals surface area (Å²) >= 11 is 0. The number of halogens is 4. The van der Waals surface area contributed by atoms with E-state index in [1.165, 1.54) is 12.3 Å². The molecule has 2 aromatic carbocycles. The van der Waals surface area contributed by atoms with Crippen LogP contribution in [0, 0.1) is 5.82 Å². The molecule has 0 spiro atoms. The van der Waals surface area contributed by atoms with Crippen molar-refractivity contribution in [2.24, 2.45) is 0 Å². The van der Waals surface area contributed by atoms with Crippen LogP contribution in [0.25, 0.3) is 11.1 Å². The molecule has 0 atom stereocenters. The van der Waals surface area contributed by atoms with Gasteiger partial charge in [0.25, 0.3) is 5.56 Å². The lowest BCUT2D eigenvalue weighted by Gasteiger charge is -2.10. The van der Waals surface area contributed by atoms with Gasteiger partial charge in [-0.2, -0.15) is 18.3 Å². The third kappa shape index (κ3) is 3.93. The van der Waals surface area contributed by atoms with E-state index in [2.05, 4.69) is 5.10 Å². The first-order valence-electron chi connectivity index (χ1n) is 7.32. The predicted octanol–water partition coefficient (Wildman–Crippen LogP) is 4.12. The van der Waals surface area contributed by atoms with Crippen LogP contribution in [0.3, 0.4) is 0 Å². The summed E-state index contributed by atoms with van der Waals surface area (Å²) in [5, 5.41) is 3.97. The second kappa shape index (κ2) is 6.51. The Balaban J connectivity index is 1.92. The standard InChI is InChI=1S/C18H12F4N2O/c19-16-7-12(6-15(9-16)18(20,21)22)11-24-17(25)8-14(10-23-24)13-4-2-1-3-5-13/h1-10H,11H2. The van der Waals surface area contributed by atoms with Gasteiger partial charge in [0, 0.05) is 11.6 Å². The Labute approximate surface area is 140 Å². The Morgan fingerprint density at radius 3 is 2.32 bits per heavy atom. The van der Waals surface area contributed by atoms with Crippen molar-refractivity contribution in [3.8, 4) is 11.1 Å². The van der Waals surface area contributed by atoms with Crippen molar-refractivity contribution in [1.82, 2.24) is 9.78 Å². The number of rotatable bonds is 3. The quantitative estimate of drug-likeness (QED) is 0.668. The topological polar surface area (TPSA) is 34.9 Å². The molecule has 0 saturated carbocycles. The molecule has 0 amide bonds. The fourth-order valence-electron chi connectivity index (χ4n) is 2.42. The molecule has 0 saturated heterocycles. The highest BCUT2D eigenvalue weighted by molar-refractivity contribution is 5.61. The lowest BCUT2D eigenvalue weighted by molar-refractivity contribution is -0.137. The number of benzene rings is 2. The molecule has 3 nitrogen and oxygen atoms in total. The second-order valence-electron chi connectivity index (χ2n) is 5.45. The van der Waals surface area contributed by atoms with Gasteiger partial charge in [-0.25, -0.2) is 9.07 Å². The Morgan fingerprint density at radius 2 is 1.68 bits per heavy atom. The van der Waals surface area contributed by atoms with Crippen LogP contribution in [0.2, 0.25) is 0 Å². The summed E-state index contributed by atoms with van der Waals surface area (Å²) in [5.74, 6) is -1.02. The van der Waals surface area contributed by atoms with Crippen LogP contribution in [-0.2, 0) is 12.7 Å². The van der Waals surface area contributed by atoms with Gasteiger partial charge in [-0.3, -0.25) is 4.79 Å². The van der Waals surface area contributed by atoms with Gasteiger partial charge < -0.3 is 0 Å². The zero-order chi connectivity index (χ0) is 18.0. The molecule has 3 aromatic rings. The minimum absolute atomic E-state index is 0.00869. The highest BCUT2D eigenvalue weighted by atomic mass is 19.4. The molecule has 0 aliphatic heterocycles. The molecule has 128 valence electrons. The molecular weight excluding hydrogens is 336 g/mol. The molecule has 1 aromatic heterocycles. The van der Waals surface area contributed by atoms with E-state index in [-0.39, 0.29) is 12.1 Å². The van der Waals surface area contributed by atoms with Crippen LogP contribution < -0.4 is 5.56 Å². The van der Waals surface area contributed by atoms with Crippen LogP contribution in [0.1, 0.15) is 11.1 Å². The van der Waals surface area contributed by atoms with E-state index in [9.17, 15) is 22.4 Å². The van der Waals surface area contributed by atoms with E-state index in [0.717, 1.165) is 22.4 Å². The van der Waals surface area contributed by atoms with Gasteiger partial charge in [-0.15, -0.1) is 0 Å². The average Bonchev–Trinajstić information content (AvgIpc) is 2.56. The molecule has 0 aliphatic carbocycles. The van der Waals surface area contributed by atoms with E-state index < -0.39 is 23.1 Å². The lowest BCUT2D eigenvalue weighted by Crippen LogP contribution is -2.23. The van der Waals surface area contributed by atoms with Crippen LogP contribution in [0.5, 0.6) is 0 Å². The van der Waals surface area contributed by atoms with Gasteiger partial charge in [0.1, 0.15) is 5.82 Å². The maximum Gasteiger partial charge on any atom is 0.416 e. The van der Waals surface area contributed by atoms with Gasteiger partial charge in [-0.1, -0.05) is 30.3 Å². The van der Waals surface area contributed by atoms with E-state index >= 15 is 0 Å². The number of hydrogen-bond acceptors (Lipinski definition) is 2. The van der Waals surface area contributed by atoms with Crippen LogP contribution in [0.4, 0.5) is 17.6 Å². The van der Waals surface area contributed by atoms with E-state index in [4.69, 9.17) is 0 Å².